The van der Waals surface area contributed by atoms with E-state index in [0.717, 1.165) is 38.5 Å². The Morgan fingerprint density at radius 2 is 1.83 bits per heavy atom. The fourth-order valence-corrected chi connectivity index (χ4v) is 7.37. The molecule has 1 unspecified atom stereocenters. The largest absolute Gasteiger partial charge is 0.393 e. The standard InChI is InChI=1S/C29H38ClN6O9P/c30-28-33-25(32-18-5-1-2-6-18)20-14-31-36(26(20)34-28)27-24(40)23(39)21(45-27)15-44-29(16-37,46(41,42)43)13-17-8-10-19(11-9-17)35-12-4-3-7-22(35)38/h8-11,14,18,21,23-24,27,37,39-40H,1-7,12-13,15-16H2,(H,32,33,34)(H2,41,42,43)/t21-,23-,24-,27-,29?/m1/s1. The molecule has 2 aliphatic heterocycles. The summed E-state index contributed by atoms with van der Waals surface area (Å²) in [5.41, 5.74) is 1.37. The molecule has 1 aromatic carbocycles. The number of piperidine rings is 1. The number of halogens is 1. The van der Waals surface area contributed by atoms with Crippen LogP contribution < -0.4 is 10.2 Å². The molecule has 3 aromatic rings. The van der Waals surface area contributed by atoms with Gasteiger partial charge in [0, 0.05) is 31.1 Å². The van der Waals surface area contributed by atoms with Crippen molar-refractivity contribution in [3.8, 4) is 0 Å². The van der Waals surface area contributed by atoms with Gasteiger partial charge in [0.2, 0.25) is 11.2 Å². The molecule has 6 rings (SSSR count). The number of carbonyl (C=O) groups is 1. The molecule has 15 nitrogen and oxygen atoms in total. The highest BCUT2D eigenvalue weighted by Crippen LogP contribution is 2.53. The van der Waals surface area contributed by atoms with Crippen molar-refractivity contribution in [2.45, 2.75) is 87.3 Å². The summed E-state index contributed by atoms with van der Waals surface area (Å²) >= 11 is 6.23. The lowest BCUT2D eigenvalue weighted by Gasteiger charge is -2.34. The number of aliphatic hydroxyl groups excluding tert-OH is 3. The first kappa shape index (κ1) is 33.2. The lowest BCUT2D eigenvalue weighted by molar-refractivity contribution is -0.119. The Hall–Kier alpha value is -2.72. The second-order valence-electron chi connectivity index (χ2n) is 12.1. The molecule has 1 saturated carbocycles. The highest BCUT2D eigenvalue weighted by atomic mass is 35.5. The van der Waals surface area contributed by atoms with Crippen molar-refractivity contribution in [3.63, 3.8) is 0 Å². The summed E-state index contributed by atoms with van der Waals surface area (Å²) in [6.45, 7) is -1.04. The summed E-state index contributed by atoms with van der Waals surface area (Å²) < 4.78 is 25.7. The quantitative estimate of drug-likeness (QED) is 0.127. The van der Waals surface area contributed by atoms with Crippen molar-refractivity contribution in [1.82, 2.24) is 19.7 Å². The maximum Gasteiger partial charge on any atom is 0.359 e. The Labute approximate surface area is 269 Å². The van der Waals surface area contributed by atoms with Gasteiger partial charge in [-0.15, -0.1) is 0 Å². The summed E-state index contributed by atoms with van der Waals surface area (Å²) in [6.07, 6.45) is 1.96. The molecule has 250 valence electrons. The van der Waals surface area contributed by atoms with Crippen LogP contribution in [0.15, 0.2) is 30.5 Å². The molecule has 3 aliphatic rings. The average Bonchev–Trinajstić information content (AvgIpc) is 3.76. The van der Waals surface area contributed by atoms with Gasteiger partial charge in [0.1, 0.15) is 24.1 Å². The maximum atomic E-state index is 12.7. The van der Waals surface area contributed by atoms with Gasteiger partial charge in [0.05, 0.1) is 24.8 Å². The minimum atomic E-state index is -5.12. The van der Waals surface area contributed by atoms with E-state index in [1.165, 1.54) is 10.9 Å². The Morgan fingerprint density at radius 1 is 1.09 bits per heavy atom. The van der Waals surface area contributed by atoms with Crippen LogP contribution in [0.2, 0.25) is 5.28 Å². The molecule has 6 N–H and O–H groups in total. The average molecular weight is 681 g/mol. The Morgan fingerprint density at radius 3 is 2.50 bits per heavy atom. The lowest BCUT2D eigenvalue weighted by Crippen LogP contribution is -2.43. The third-order valence-electron chi connectivity index (χ3n) is 9.05. The number of nitrogens with zero attached hydrogens (tertiary/aromatic N) is 5. The maximum absolute atomic E-state index is 12.7. The van der Waals surface area contributed by atoms with E-state index >= 15 is 0 Å². The molecule has 1 aliphatic carbocycles. The second kappa shape index (κ2) is 13.4. The number of hydrogen-bond donors (Lipinski definition) is 6. The fraction of sp³-hybridized carbons (Fsp3) is 0.586. The number of benzene rings is 1. The predicted molar refractivity (Wildman–Crippen MR) is 166 cm³/mol. The molecule has 2 aromatic heterocycles. The summed E-state index contributed by atoms with van der Waals surface area (Å²) in [7, 11) is -5.12. The Balaban J connectivity index is 1.18. The Kier molecular flexibility index (Phi) is 9.68. The molecule has 0 spiro atoms. The van der Waals surface area contributed by atoms with Crippen molar-refractivity contribution in [3.05, 3.63) is 41.3 Å². The third-order valence-corrected chi connectivity index (χ3v) is 10.7. The molecule has 17 heteroatoms. The van der Waals surface area contributed by atoms with Gasteiger partial charge < -0.3 is 44.8 Å². The van der Waals surface area contributed by atoms with E-state index in [1.54, 1.807) is 29.2 Å². The normalized spacial score (nSPS) is 25.8. The van der Waals surface area contributed by atoms with Crippen LogP contribution in [0.5, 0.6) is 0 Å². The van der Waals surface area contributed by atoms with E-state index in [2.05, 4.69) is 20.4 Å². The van der Waals surface area contributed by atoms with E-state index in [1.807, 2.05) is 0 Å². The smallest absolute Gasteiger partial charge is 0.359 e. The van der Waals surface area contributed by atoms with Gasteiger partial charge in [-0.1, -0.05) is 25.0 Å². The zero-order valence-electron chi connectivity index (χ0n) is 25.0. The van der Waals surface area contributed by atoms with Crippen LogP contribution in [-0.4, -0.2) is 100 Å². The molecule has 0 bridgehead atoms. The van der Waals surface area contributed by atoms with Gasteiger partial charge in [-0.25, -0.2) is 4.68 Å². The van der Waals surface area contributed by atoms with E-state index in [4.69, 9.17) is 21.1 Å². The highest BCUT2D eigenvalue weighted by Gasteiger charge is 2.51. The van der Waals surface area contributed by atoms with Crippen LogP contribution >= 0.6 is 19.2 Å². The molecule has 5 atom stereocenters. The van der Waals surface area contributed by atoms with Crippen molar-refractivity contribution in [2.75, 3.05) is 30.0 Å². The number of aromatic nitrogens is 4. The number of aliphatic hydroxyl groups is 3. The first-order valence-corrected chi connectivity index (χ1v) is 17.4. The van der Waals surface area contributed by atoms with Gasteiger partial charge in [-0.2, -0.15) is 15.1 Å². The summed E-state index contributed by atoms with van der Waals surface area (Å²) in [4.78, 5) is 43.2. The molecule has 1 amide bonds. The fourth-order valence-electron chi connectivity index (χ4n) is 6.39. The van der Waals surface area contributed by atoms with Gasteiger partial charge in [0.15, 0.2) is 17.2 Å². The third kappa shape index (κ3) is 6.53. The van der Waals surface area contributed by atoms with Gasteiger partial charge in [0.25, 0.3) is 0 Å². The van der Waals surface area contributed by atoms with E-state index in [9.17, 15) is 34.5 Å². The minimum absolute atomic E-state index is 0.0118. The number of nitrogens with one attached hydrogen (secondary N) is 1. The molecular formula is C29H38ClN6O9P. The summed E-state index contributed by atoms with van der Waals surface area (Å²) in [6, 6.07) is 6.83. The molecular weight excluding hydrogens is 643 g/mol. The van der Waals surface area contributed by atoms with Crippen LogP contribution in [-0.2, 0) is 25.3 Å². The van der Waals surface area contributed by atoms with Crippen molar-refractivity contribution in [2.24, 2.45) is 0 Å². The topological polar surface area (TPSA) is 213 Å². The number of rotatable bonds is 11. The van der Waals surface area contributed by atoms with E-state index in [-0.39, 0.29) is 29.3 Å². The number of hydrogen-bond acceptors (Lipinski definition) is 11. The van der Waals surface area contributed by atoms with E-state index in [0.29, 0.717) is 35.4 Å². The van der Waals surface area contributed by atoms with Gasteiger partial charge in [-0.05, 0) is 55.0 Å². The molecule has 3 fully saturated rings. The number of fused-ring (bicyclic) bond motifs is 1. The van der Waals surface area contributed by atoms with Crippen LogP contribution in [0.1, 0.15) is 56.7 Å². The first-order valence-electron chi connectivity index (χ1n) is 15.4. The highest BCUT2D eigenvalue weighted by molar-refractivity contribution is 7.53. The number of ether oxygens (including phenoxy) is 2. The molecule has 0 radical (unpaired) electrons. The van der Waals surface area contributed by atoms with Gasteiger partial charge in [-0.3, -0.25) is 9.36 Å². The second-order valence-corrected chi connectivity index (χ2v) is 14.4. The van der Waals surface area contributed by atoms with Crippen molar-refractivity contribution in [1.29, 1.82) is 0 Å². The van der Waals surface area contributed by atoms with Crippen LogP contribution in [0.4, 0.5) is 11.5 Å². The molecule has 46 heavy (non-hydrogen) atoms. The number of anilines is 2. The van der Waals surface area contributed by atoms with Crippen LogP contribution in [0, 0.1) is 0 Å². The number of amides is 1. The van der Waals surface area contributed by atoms with Gasteiger partial charge >= 0.3 is 7.60 Å². The molecule has 4 heterocycles. The predicted octanol–water partition coefficient (Wildman–Crippen LogP) is 2.10. The number of carbonyl (C=O) groups excluding carboxylic acids is 1. The van der Waals surface area contributed by atoms with E-state index < -0.39 is 50.7 Å². The van der Waals surface area contributed by atoms with Crippen molar-refractivity contribution >= 4 is 47.6 Å². The summed E-state index contributed by atoms with van der Waals surface area (Å²) in [5, 5.41) is 37.9. The Bertz CT molecular complexity index is 1600. The monoisotopic (exact) mass is 680 g/mol. The van der Waals surface area contributed by atoms with Crippen LogP contribution in [0.3, 0.4) is 0 Å². The summed E-state index contributed by atoms with van der Waals surface area (Å²) in [5.74, 6) is 0.503. The molecule has 2 saturated heterocycles. The lowest BCUT2D eigenvalue weighted by atomic mass is 10.0. The van der Waals surface area contributed by atoms with Crippen molar-refractivity contribution < 1.29 is 43.9 Å². The zero-order valence-corrected chi connectivity index (χ0v) is 26.6. The first-order chi connectivity index (χ1) is 22.0. The van der Waals surface area contributed by atoms with Crippen LogP contribution in [0.25, 0.3) is 11.0 Å². The zero-order chi connectivity index (χ0) is 32.6. The minimum Gasteiger partial charge on any atom is -0.393 e. The SMILES string of the molecule is O=C1CCCCN1c1ccc(CC(CO)(OC[C@H]2O[C@@H](n3ncc4c(NC5CCCC5)nc(Cl)nc43)[C@H](O)[C@@H]2O)P(=O)(O)O)cc1.